The minimum absolute atomic E-state index is 0. The average molecular weight is 145 g/mol. The molecule has 0 rings (SSSR count). The number of primary amides is 1. The van der Waals surface area contributed by atoms with E-state index in [1.54, 1.807) is 6.92 Å². The van der Waals surface area contributed by atoms with Crippen molar-refractivity contribution in [2.24, 2.45) is 5.73 Å². The van der Waals surface area contributed by atoms with E-state index in [2.05, 4.69) is 10.5 Å². The number of ether oxygens (including phenoxy) is 1. The zero-order valence-electron chi connectivity index (χ0n) is 6.31. The van der Waals surface area contributed by atoms with Gasteiger partial charge in [-0.15, -0.1) is 0 Å². The largest absolute Gasteiger partial charge is 2.00 e. The number of carbonyl (C=O) groups excluding carboxylic acids is 1. The second-order valence-corrected chi connectivity index (χ2v) is 0.752. The van der Waals surface area contributed by atoms with E-state index in [1.807, 2.05) is 0 Å². The van der Waals surface area contributed by atoms with Gasteiger partial charge in [0, 0.05) is 0 Å². The third kappa shape index (κ3) is 16.0. The van der Waals surface area contributed by atoms with E-state index in [9.17, 15) is 4.79 Å². The molecule has 46 valence electrons. The van der Waals surface area contributed by atoms with Crippen LogP contribution < -0.4 is 5.73 Å². The first-order valence-corrected chi connectivity index (χ1v) is 1.69. The van der Waals surface area contributed by atoms with Crippen LogP contribution in [0.3, 0.4) is 0 Å². The van der Waals surface area contributed by atoms with E-state index < -0.39 is 6.09 Å². The van der Waals surface area contributed by atoms with Crippen molar-refractivity contribution in [1.82, 2.24) is 0 Å². The van der Waals surface area contributed by atoms with E-state index in [0.29, 0.717) is 6.61 Å². The monoisotopic (exact) mass is 145 g/mol. The molecule has 0 radical (unpaired) electrons. The maximum Gasteiger partial charge on any atom is 2.00 e. The standard InChI is InChI=1S/C3H7NO2.Al.Mg.5H/c1-2-6-3(4)5;;;;;;;/h2H2,1H3,(H2,4,5);;;;;;;/q;;+2;;;;2*-1. The van der Waals surface area contributed by atoms with Crippen LogP contribution in [0.5, 0.6) is 0 Å². The van der Waals surface area contributed by atoms with Crippen LogP contribution in [-0.2, 0) is 4.74 Å². The summed E-state index contributed by atoms with van der Waals surface area (Å²) in [4.78, 5) is 9.60. The fourth-order valence-corrected chi connectivity index (χ4v) is 0.142. The van der Waals surface area contributed by atoms with E-state index in [0.717, 1.165) is 0 Å². The Hall–Kier alpha value is 0.569. The predicted octanol–water partition coefficient (Wildman–Crippen LogP) is -1.24. The van der Waals surface area contributed by atoms with Gasteiger partial charge in [0.15, 0.2) is 17.4 Å². The van der Waals surface area contributed by atoms with E-state index in [1.165, 1.54) is 0 Å². The summed E-state index contributed by atoms with van der Waals surface area (Å²) < 4.78 is 4.18. The van der Waals surface area contributed by atoms with Gasteiger partial charge in [0.1, 0.15) is 0 Å². The Balaban J connectivity index is -0.0000000208. The van der Waals surface area contributed by atoms with Crippen molar-refractivity contribution in [3.63, 3.8) is 0 Å². The molecule has 0 unspecified atom stereocenters. The van der Waals surface area contributed by atoms with Gasteiger partial charge >= 0.3 is 29.1 Å². The van der Waals surface area contributed by atoms with Crippen molar-refractivity contribution in [2.45, 2.75) is 6.92 Å². The first-order chi connectivity index (χ1) is 2.77. The fraction of sp³-hybridized carbons (Fsp3) is 0.667. The van der Waals surface area contributed by atoms with Crippen LogP contribution in [0.4, 0.5) is 4.79 Å². The number of hydrogen-bond donors (Lipinski definition) is 1. The molecule has 0 heterocycles. The summed E-state index contributed by atoms with van der Waals surface area (Å²) in [6, 6.07) is 0. The summed E-state index contributed by atoms with van der Waals surface area (Å²) >= 11 is 0. The Morgan fingerprint density at radius 3 is 2.25 bits per heavy atom. The minimum atomic E-state index is -0.711. The van der Waals surface area contributed by atoms with Gasteiger partial charge < -0.3 is 13.3 Å². The molecule has 1 amide bonds. The molecule has 5 heteroatoms. The first kappa shape index (κ1) is 15.8. The molecule has 0 saturated carbocycles. The number of carbonyl (C=O) groups is 1. The predicted molar refractivity (Wildman–Crippen MR) is 39.1 cm³/mol. The van der Waals surface area contributed by atoms with Gasteiger partial charge in [-0.25, -0.2) is 4.79 Å². The van der Waals surface area contributed by atoms with Gasteiger partial charge in [-0.2, -0.15) is 0 Å². The Labute approximate surface area is 78.2 Å². The second-order valence-electron chi connectivity index (χ2n) is 0.752. The van der Waals surface area contributed by atoms with Gasteiger partial charge in [-0.3, -0.25) is 0 Å². The zero-order valence-corrected chi connectivity index (χ0v) is 5.72. The van der Waals surface area contributed by atoms with Crippen LogP contribution in [0.1, 0.15) is 9.78 Å². The molecule has 0 fully saturated rings. The van der Waals surface area contributed by atoms with Crippen LogP contribution in [0.2, 0.25) is 0 Å². The molecular formula is C3H12AlMgNO2. The van der Waals surface area contributed by atoms with Gasteiger partial charge in [0.05, 0.1) is 6.61 Å². The van der Waals surface area contributed by atoms with E-state index in [4.69, 9.17) is 0 Å². The normalized spacial score (nSPS) is 5.62. The summed E-state index contributed by atoms with van der Waals surface area (Å²) in [6.45, 7) is 2.06. The first-order valence-electron chi connectivity index (χ1n) is 1.69. The molecule has 0 aliphatic heterocycles. The number of nitrogens with two attached hydrogens (primary N) is 1. The number of hydrogen-bond acceptors (Lipinski definition) is 2. The van der Waals surface area contributed by atoms with E-state index >= 15 is 0 Å². The maximum atomic E-state index is 9.60. The van der Waals surface area contributed by atoms with Crippen molar-refractivity contribution in [2.75, 3.05) is 6.61 Å². The summed E-state index contributed by atoms with van der Waals surface area (Å²) in [7, 11) is 0. The minimum Gasteiger partial charge on any atom is -1.00 e. The van der Waals surface area contributed by atoms with E-state index in [-0.39, 0.29) is 43.3 Å². The van der Waals surface area contributed by atoms with Crippen molar-refractivity contribution in [3.8, 4) is 0 Å². The molecule has 3 nitrogen and oxygen atoms in total. The third-order valence-corrected chi connectivity index (χ3v) is 0.287. The van der Waals surface area contributed by atoms with Gasteiger partial charge in [0.2, 0.25) is 0 Å². The molecule has 0 aliphatic rings. The molecule has 0 aromatic heterocycles. The Kier molecular flexibility index (Phi) is 20.8. The summed E-state index contributed by atoms with van der Waals surface area (Å²) in [6.07, 6.45) is -0.711. The van der Waals surface area contributed by atoms with Crippen LogP contribution in [0, 0.1) is 0 Å². The Bertz CT molecular complexity index is 68.5. The molecule has 8 heavy (non-hydrogen) atoms. The molecule has 0 aromatic rings. The molecule has 2 N–H and O–H groups in total. The van der Waals surface area contributed by atoms with Gasteiger partial charge in [-0.1, -0.05) is 0 Å². The molecule has 0 bridgehead atoms. The van der Waals surface area contributed by atoms with Gasteiger partial charge in [-0.05, 0) is 6.92 Å². The Morgan fingerprint density at radius 1 is 1.88 bits per heavy atom. The molecule has 0 atom stereocenters. The molecule has 0 aliphatic carbocycles. The summed E-state index contributed by atoms with van der Waals surface area (Å²) in [5.74, 6) is 0. The van der Waals surface area contributed by atoms with Crippen LogP contribution in [0.15, 0.2) is 0 Å². The quantitative estimate of drug-likeness (QED) is 0.470. The SMILES string of the molecule is CCOC(N)=O.[AlH3].[H-].[H-].[Mg+2]. The van der Waals surface area contributed by atoms with Crippen molar-refractivity contribution in [3.05, 3.63) is 0 Å². The van der Waals surface area contributed by atoms with Crippen molar-refractivity contribution in [1.29, 1.82) is 0 Å². The van der Waals surface area contributed by atoms with Crippen molar-refractivity contribution < 1.29 is 12.4 Å². The molecular weight excluding hydrogens is 133 g/mol. The molecule has 0 spiro atoms. The summed E-state index contributed by atoms with van der Waals surface area (Å²) in [5, 5.41) is 0. The second kappa shape index (κ2) is 10.5. The number of amides is 1. The average Bonchev–Trinajstić information content (AvgIpc) is 1.35. The molecule has 0 saturated heterocycles. The zero-order chi connectivity index (χ0) is 4.99. The summed E-state index contributed by atoms with van der Waals surface area (Å²) in [5.41, 5.74) is 4.54. The van der Waals surface area contributed by atoms with Crippen LogP contribution >= 0.6 is 0 Å². The van der Waals surface area contributed by atoms with Crippen LogP contribution in [0.25, 0.3) is 0 Å². The maximum absolute atomic E-state index is 9.60. The fourth-order valence-electron chi connectivity index (χ4n) is 0.142. The third-order valence-electron chi connectivity index (χ3n) is 0.287. The topological polar surface area (TPSA) is 52.3 Å². The smallest absolute Gasteiger partial charge is 1.00 e. The van der Waals surface area contributed by atoms with Crippen LogP contribution in [-0.4, -0.2) is 53.1 Å². The number of rotatable bonds is 1. The Morgan fingerprint density at radius 2 is 2.25 bits per heavy atom. The van der Waals surface area contributed by atoms with Gasteiger partial charge in [0.25, 0.3) is 0 Å². The van der Waals surface area contributed by atoms with Crippen molar-refractivity contribution >= 4 is 46.5 Å². The molecule has 0 aromatic carbocycles.